The van der Waals surface area contributed by atoms with E-state index in [1.807, 2.05) is 0 Å². The molecular weight excluding hydrogens is 665 g/mol. The molecule has 0 aromatic heterocycles. The Morgan fingerprint density at radius 2 is 0.982 bits per heavy atom. The third kappa shape index (κ3) is 5.21. The lowest BCUT2D eigenvalue weighted by Gasteiger charge is -2.45. The fourth-order valence-corrected chi connectivity index (χ4v) is 10.6. The predicted molar refractivity (Wildman–Crippen MR) is 234 cm³/mol. The molecule has 6 aromatic rings. The second-order valence-corrected chi connectivity index (χ2v) is 18.3. The highest BCUT2D eigenvalue weighted by atomic mass is 15.2. The number of fused-ring (bicyclic) bond motifs is 8. The standard InChI is InChI=1S/C53H52N2/c1-34-16-21-37-12-8-10-14-49(37)54(34)39-22-26-43-41-24-19-35(30-45(41)52(4,5)47(43)32-39)17-18-36-20-25-42-44-27-23-40(33-48(44)53(6,7)46(42)31-36)55-50-15-11-9-13-38(50)28-29-51(55,2)3/h8-15,17-20,22-27,30-34H,16,21,28-29H2,1-7H3. The van der Waals surface area contributed by atoms with Gasteiger partial charge in [0.05, 0.1) is 0 Å². The lowest BCUT2D eigenvalue weighted by atomic mass is 9.81. The average molecular weight is 717 g/mol. The minimum absolute atomic E-state index is 0.0490. The Hall–Kier alpha value is -5.34. The number of para-hydroxylation sites is 2. The summed E-state index contributed by atoms with van der Waals surface area (Å²) in [4.78, 5) is 5.15. The maximum Gasteiger partial charge on any atom is 0.0448 e. The van der Waals surface area contributed by atoms with Gasteiger partial charge in [0.1, 0.15) is 0 Å². The van der Waals surface area contributed by atoms with Gasteiger partial charge in [0, 0.05) is 45.2 Å². The summed E-state index contributed by atoms with van der Waals surface area (Å²) in [5, 5.41) is 0. The van der Waals surface area contributed by atoms with Gasteiger partial charge in [-0.2, -0.15) is 0 Å². The van der Waals surface area contributed by atoms with Gasteiger partial charge in [0.15, 0.2) is 0 Å². The molecule has 0 N–H and O–H groups in total. The van der Waals surface area contributed by atoms with Crippen molar-refractivity contribution in [1.29, 1.82) is 0 Å². The van der Waals surface area contributed by atoms with Crippen LogP contribution >= 0.6 is 0 Å². The molecule has 2 nitrogen and oxygen atoms in total. The summed E-state index contributed by atoms with van der Waals surface area (Å²) in [5.41, 5.74) is 21.7. The number of nitrogens with zero attached hydrogens (tertiary/aromatic N) is 2. The number of anilines is 4. The van der Waals surface area contributed by atoms with Crippen LogP contribution in [0.5, 0.6) is 0 Å². The fourth-order valence-electron chi connectivity index (χ4n) is 10.6. The monoisotopic (exact) mass is 716 g/mol. The van der Waals surface area contributed by atoms with Crippen molar-refractivity contribution >= 4 is 34.9 Å². The molecule has 0 bridgehead atoms. The molecule has 0 saturated heterocycles. The van der Waals surface area contributed by atoms with E-state index in [0.29, 0.717) is 6.04 Å². The molecule has 55 heavy (non-hydrogen) atoms. The van der Waals surface area contributed by atoms with Crippen LogP contribution in [0, 0.1) is 0 Å². The Morgan fingerprint density at radius 3 is 1.58 bits per heavy atom. The fraction of sp³-hybridized carbons (Fsp3) is 0.283. The second kappa shape index (κ2) is 12.1. The lowest BCUT2D eigenvalue weighted by molar-refractivity contribution is 0.447. The Labute approximate surface area is 328 Å². The van der Waals surface area contributed by atoms with Crippen LogP contribution in [0.2, 0.25) is 0 Å². The first-order valence-electron chi connectivity index (χ1n) is 20.4. The Morgan fingerprint density at radius 1 is 0.509 bits per heavy atom. The Bertz CT molecular complexity index is 2560. The van der Waals surface area contributed by atoms with Crippen LogP contribution < -0.4 is 9.80 Å². The quantitative estimate of drug-likeness (QED) is 0.168. The zero-order chi connectivity index (χ0) is 37.9. The average Bonchev–Trinajstić information content (AvgIpc) is 3.54. The van der Waals surface area contributed by atoms with Crippen LogP contribution in [0.15, 0.2) is 121 Å². The first kappa shape index (κ1) is 34.2. The molecule has 0 radical (unpaired) electrons. The van der Waals surface area contributed by atoms with Gasteiger partial charge in [-0.3, -0.25) is 0 Å². The van der Waals surface area contributed by atoms with E-state index in [1.165, 1.54) is 95.9 Å². The van der Waals surface area contributed by atoms with Gasteiger partial charge in [-0.25, -0.2) is 0 Å². The molecule has 2 aliphatic carbocycles. The minimum Gasteiger partial charge on any atom is -0.338 e. The highest BCUT2D eigenvalue weighted by Gasteiger charge is 2.39. The van der Waals surface area contributed by atoms with Crippen molar-refractivity contribution in [2.75, 3.05) is 9.80 Å². The van der Waals surface area contributed by atoms with E-state index >= 15 is 0 Å². The van der Waals surface area contributed by atoms with Crippen LogP contribution in [0.1, 0.15) is 106 Å². The minimum atomic E-state index is -0.0970. The topological polar surface area (TPSA) is 6.48 Å². The van der Waals surface area contributed by atoms with Crippen LogP contribution in [0.4, 0.5) is 22.7 Å². The van der Waals surface area contributed by atoms with Crippen LogP contribution in [-0.4, -0.2) is 11.6 Å². The number of hydrogen-bond acceptors (Lipinski definition) is 2. The number of aryl methyl sites for hydroxylation is 2. The molecule has 0 fully saturated rings. The maximum atomic E-state index is 2.59. The second-order valence-electron chi connectivity index (χ2n) is 18.3. The smallest absolute Gasteiger partial charge is 0.0448 e. The van der Waals surface area contributed by atoms with E-state index in [-0.39, 0.29) is 16.4 Å². The van der Waals surface area contributed by atoms with E-state index in [1.54, 1.807) is 0 Å². The van der Waals surface area contributed by atoms with E-state index < -0.39 is 0 Å². The van der Waals surface area contributed by atoms with Crippen molar-refractivity contribution in [1.82, 2.24) is 0 Å². The SMILES string of the molecule is CC1CCc2ccccc2N1c1ccc2c(c1)C(C)(C)c1cc(C=Cc3ccc4c(c3)C(C)(C)c3cc(N5c6ccccc6CCC5(C)C)ccc3-4)ccc1-2. The molecule has 1 unspecified atom stereocenters. The molecule has 0 spiro atoms. The zero-order valence-electron chi connectivity index (χ0n) is 33.5. The van der Waals surface area contributed by atoms with Crippen molar-refractivity contribution in [3.63, 3.8) is 0 Å². The van der Waals surface area contributed by atoms with Gasteiger partial charge in [0.25, 0.3) is 0 Å². The molecule has 2 heteroatoms. The van der Waals surface area contributed by atoms with E-state index in [9.17, 15) is 0 Å². The normalized spacial score (nSPS) is 19.4. The summed E-state index contributed by atoms with van der Waals surface area (Å²) in [6, 6.07) is 46.9. The summed E-state index contributed by atoms with van der Waals surface area (Å²) in [6.07, 6.45) is 9.21. The first-order valence-corrected chi connectivity index (χ1v) is 20.4. The van der Waals surface area contributed by atoms with Crippen molar-refractivity contribution in [3.8, 4) is 22.3 Å². The third-order valence-electron chi connectivity index (χ3n) is 13.7. The number of rotatable bonds is 4. The third-order valence-corrected chi connectivity index (χ3v) is 13.7. The van der Waals surface area contributed by atoms with Crippen molar-refractivity contribution in [3.05, 3.63) is 166 Å². The Kier molecular flexibility index (Phi) is 7.50. The van der Waals surface area contributed by atoms with E-state index in [2.05, 4.69) is 192 Å². The largest absolute Gasteiger partial charge is 0.338 e. The molecule has 2 aliphatic heterocycles. The van der Waals surface area contributed by atoms with Crippen LogP contribution in [0.25, 0.3) is 34.4 Å². The van der Waals surface area contributed by atoms with Crippen LogP contribution in [0.3, 0.4) is 0 Å². The van der Waals surface area contributed by atoms with Crippen molar-refractivity contribution < 1.29 is 0 Å². The highest BCUT2D eigenvalue weighted by molar-refractivity contribution is 5.87. The van der Waals surface area contributed by atoms with Crippen molar-refractivity contribution in [2.24, 2.45) is 0 Å². The number of benzene rings is 6. The van der Waals surface area contributed by atoms with E-state index in [4.69, 9.17) is 0 Å². The molecule has 0 amide bonds. The van der Waals surface area contributed by atoms with Gasteiger partial charge in [0.2, 0.25) is 0 Å². The summed E-state index contributed by atoms with van der Waals surface area (Å²) >= 11 is 0. The molecular formula is C53H52N2. The number of hydrogen-bond donors (Lipinski definition) is 0. The maximum absolute atomic E-state index is 2.59. The first-order chi connectivity index (χ1) is 26.4. The van der Waals surface area contributed by atoms with Crippen molar-refractivity contribution in [2.45, 2.75) is 96.6 Å². The molecule has 274 valence electrons. The zero-order valence-corrected chi connectivity index (χ0v) is 33.5. The van der Waals surface area contributed by atoms with E-state index in [0.717, 1.165) is 19.3 Å². The van der Waals surface area contributed by atoms with Gasteiger partial charge < -0.3 is 9.80 Å². The van der Waals surface area contributed by atoms with Gasteiger partial charge in [-0.15, -0.1) is 0 Å². The summed E-state index contributed by atoms with van der Waals surface area (Å²) in [6.45, 7) is 16.8. The molecule has 2 heterocycles. The summed E-state index contributed by atoms with van der Waals surface area (Å²) < 4.78 is 0. The molecule has 6 aromatic carbocycles. The Balaban J connectivity index is 0.936. The lowest BCUT2D eigenvalue weighted by Crippen LogP contribution is -2.44. The molecule has 0 saturated carbocycles. The highest BCUT2D eigenvalue weighted by Crippen LogP contribution is 2.53. The van der Waals surface area contributed by atoms with Gasteiger partial charge >= 0.3 is 0 Å². The predicted octanol–water partition coefficient (Wildman–Crippen LogP) is 13.8. The summed E-state index contributed by atoms with van der Waals surface area (Å²) in [5.74, 6) is 0. The molecule has 10 rings (SSSR count). The molecule has 1 atom stereocenters. The summed E-state index contributed by atoms with van der Waals surface area (Å²) in [7, 11) is 0. The van der Waals surface area contributed by atoms with Gasteiger partial charge in [-0.1, -0.05) is 125 Å². The van der Waals surface area contributed by atoms with Gasteiger partial charge in [-0.05, 0) is 150 Å². The van der Waals surface area contributed by atoms with Crippen LogP contribution in [-0.2, 0) is 23.7 Å². The molecule has 4 aliphatic rings.